The van der Waals surface area contributed by atoms with Crippen molar-refractivity contribution < 1.29 is 31.1 Å². The third-order valence-corrected chi connectivity index (χ3v) is 3.41. The SMILES string of the molecule is O=C(Cc1nc2ccc(C(F)(F)F)cc2s1)C(F)(F)F. The summed E-state index contributed by atoms with van der Waals surface area (Å²) in [6.07, 6.45) is -10.5. The van der Waals surface area contributed by atoms with Gasteiger partial charge in [-0.05, 0) is 18.2 Å². The minimum absolute atomic E-state index is 0.0878. The maximum absolute atomic E-state index is 12.5. The summed E-state index contributed by atoms with van der Waals surface area (Å²) in [6, 6.07) is 2.65. The predicted molar refractivity (Wildman–Crippen MR) is 59.4 cm³/mol. The van der Waals surface area contributed by atoms with Crippen molar-refractivity contribution in [1.29, 1.82) is 0 Å². The molecule has 0 aliphatic heterocycles. The van der Waals surface area contributed by atoms with Crippen LogP contribution in [0.4, 0.5) is 26.3 Å². The summed E-state index contributed by atoms with van der Waals surface area (Å²) in [7, 11) is 0. The molecule has 1 aromatic carbocycles. The van der Waals surface area contributed by atoms with Gasteiger partial charge < -0.3 is 0 Å². The Morgan fingerprint density at radius 1 is 1.15 bits per heavy atom. The third-order valence-electron chi connectivity index (χ3n) is 2.39. The van der Waals surface area contributed by atoms with Crippen molar-refractivity contribution in [3.05, 3.63) is 28.8 Å². The first-order valence-electron chi connectivity index (χ1n) is 5.14. The number of ketones is 1. The van der Waals surface area contributed by atoms with E-state index >= 15 is 0 Å². The number of carbonyl (C=O) groups is 1. The van der Waals surface area contributed by atoms with Gasteiger partial charge in [0.1, 0.15) is 5.01 Å². The number of Topliss-reactive ketones (excluding diaryl/α,β-unsaturated/α-hetero) is 1. The largest absolute Gasteiger partial charge is 0.450 e. The maximum atomic E-state index is 12.5. The minimum Gasteiger partial charge on any atom is -0.289 e. The Morgan fingerprint density at radius 2 is 1.80 bits per heavy atom. The van der Waals surface area contributed by atoms with E-state index in [2.05, 4.69) is 4.98 Å². The topological polar surface area (TPSA) is 30.0 Å². The number of hydrogen-bond acceptors (Lipinski definition) is 3. The zero-order valence-electron chi connectivity index (χ0n) is 9.47. The van der Waals surface area contributed by atoms with Crippen molar-refractivity contribution in [2.24, 2.45) is 0 Å². The molecule has 0 saturated carbocycles. The molecule has 20 heavy (non-hydrogen) atoms. The van der Waals surface area contributed by atoms with Crippen LogP contribution in [0, 0.1) is 0 Å². The van der Waals surface area contributed by atoms with Gasteiger partial charge in [-0.3, -0.25) is 4.79 Å². The van der Waals surface area contributed by atoms with Gasteiger partial charge >= 0.3 is 12.4 Å². The van der Waals surface area contributed by atoms with Crippen LogP contribution in [0.2, 0.25) is 0 Å². The molecule has 0 radical (unpaired) electrons. The molecule has 0 aliphatic carbocycles. The average molecular weight is 313 g/mol. The fourth-order valence-corrected chi connectivity index (χ4v) is 2.47. The molecule has 0 unspecified atom stereocenters. The molecule has 2 aromatic rings. The lowest BCUT2D eigenvalue weighted by atomic mass is 10.2. The molecule has 1 aromatic heterocycles. The van der Waals surface area contributed by atoms with E-state index < -0.39 is 30.1 Å². The highest BCUT2D eigenvalue weighted by Crippen LogP contribution is 2.33. The summed E-state index contributed by atoms with van der Waals surface area (Å²) in [5.74, 6) is -1.98. The Bertz CT molecular complexity index is 657. The molecule has 0 fully saturated rings. The summed E-state index contributed by atoms with van der Waals surface area (Å²) < 4.78 is 73.8. The molecule has 108 valence electrons. The molecule has 1 heterocycles. The molecule has 0 spiro atoms. The number of alkyl halides is 6. The van der Waals surface area contributed by atoms with E-state index in [1.54, 1.807) is 0 Å². The summed E-state index contributed by atoms with van der Waals surface area (Å²) in [5.41, 5.74) is -0.782. The van der Waals surface area contributed by atoms with Gasteiger partial charge in [0.05, 0.1) is 22.2 Å². The predicted octanol–water partition coefficient (Wildman–Crippen LogP) is 3.99. The number of thiazole rings is 1. The zero-order valence-corrected chi connectivity index (χ0v) is 10.3. The lowest BCUT2D eigenvalue weighted by Crippen LogP contribution is -2.24. The van der Waals surface area contributed by atoms with Crippen LogP contribution >= 0.6 is 11.3 Å². The van der Waals surface area contributed by atoms with Gasteiger partial charge in [-0.2, -0.15) is 26.3 Å². The van der Waals surface area contributed by atoms with E-state index in [1.807, 2.05) is 0 Å². The number of carbonyl (C=O) groups excluding carboxylic acids is 1. The van der Waals surface area contributed by atoms with E-state index in [4.69, 9.17) is 0 Å². The average Bonchev–Trinajstić information content (AvgIpc) is 2.67. The number of nitrogens with zero attached hydrogens (tertiary/aromatic N) is 1. The highest BCUT2D eigenvalue weighted by atomic mass is 32.1. The van der Waals surface area contributed by atoms with Gasteiger partial charge in [0, 0.05) is 0 Å². The standard InChI is InChI=1S/C11H5F6NOS/c12-10(13,14)5-1-2-6-7(3-5)20-9(18-6)4-8(19)11(15,16)17/h1-3H,4H2. The molecular formula is C11H5F6NOS. The number of fused-ring (bicyclic) bond motifs is 1. The van der Waals surface area contributed by atoms with E-state index in [0.717, 1.165) is 18.2 Å². The van der Waals surface area contributed by atoms with Crippen LogP contribution in [0.25, 0.3) is 10.2 Å². The van der Waals surface area contributed by atoms with Crippen molar-refractivity contribution in [2.75, 3.05) is 0 Å². The van der Waals surface area contributed by atoms with Crippen LogP contribution in [-0.2, 0) is 17.4 Å². The smallest absolute Gasteiger partial charge is 0.289 e. The molecule has 9 heteroatoms. The van der Waals surface area contributed by atoms with Crippen molar-refractivity contribution in [3.8, 4) is 0 Å². The van der Waals surface area contributed by atoms with E-state index in [1.165, 1.54) is 0 Å². The third kappa shape index (κ3) is 3.09. The number of hydrogen-bond donors (Lipinski definition) is 0. The fraction of sp³-hybridized carbons (Fsp3) is 0.273. The van der Waals surface area contributed by atoms with Crippen molar-refractivity contribution in [3.63, 3.8) is 0 Å². The summed E-state index contributed by atoms with van der Waals surface area (Å²) in [4.78, 5) is 14.5. The highest BCUT2D eigenvalue weighted by Gasteiger charge is 2.38. The van der Waals surface area contributed by atoms with Gasteiger partial charge in [-0.15, -0.1) is 11.3 Å². The number of rotatable bonds is 2. The van der Waals surface area contributed by atoms with Crippen LogP contribution in [0.15, 0.2) is 18.2 Å². The summed E-state index contributed by atoms with van der Waals surface area (Å²) in [6.45, 7) is 0. The number of aromatic nitrogens is 1. The Labute approximate surface area is 112 Å². The van der Waals surface area contributed by atoms with E-state index in [-0.39, 0.29) is 15.2 Å². The Kier molecular flexibility index (Phi) is 3.49. The maximum Gasteiger partial charge on any atom is 0.450 e. The van der Waals surface area contributed by atoms with Crippen molar-refractivity contribution in [2.45, 2.75) is 18.8 Å². The first-order chi connectivity index (χ1) is 9.07. The monoisotopic (exact) mass is 313 g/mol. The molecule has 0 aliphatic rings. The van der Waals surface area contributed by atoms with Crippen molar-refractivity contribution in [1.82, 2.24) is 4.98 Å². The lowest BCUT2D eigenvalue weighted by Gasteiger charge is -2.04. The molecule has 2 rings (SSSR count). The molecule has 0 amide bonds. The lowest BCUT2D eigenvalue weighted by molar-refractivity contribution is -0.170. The normalized spacial score (nSPS) is 12.9. The van der Waals surface area contributed by atoms with Crippen LogP contribution in [0.3, 0.4) is 0 Å². The van der Waals surface area contributed by atoms with E-state index in [9.17, 15) is 31.1 Å². The Hall–Kier alpha value is -1.64. The van der Waals surface area contributed by atoms with E-state index in [0.29, 0.717) is 11.3 Å². The summed E-state index contributed by atoms with van der Waals surface area (Å²) >= 11 is 0.640. The second kappa shape index (κ2) is 4.72. The van der Waals surface area contributed by atoms with Crippen LogP contribution < -0.4 is 0 Å². The Morgan fingerprint density at radius 3 is 2.35 bits per heavy atom. The second-order valence-electron chi connectivity index (χ2n) is 3.89. The number of halogens is 6. The van der Waals surface area contributed by atoms with Gasteiger partial charge in [0.2, 0.25) is 5.78 Å². The van der Waals surface area contributed by atoms with Crippen LogP contribution in [0.1, 0.15) is 10.6 Å². The van der Waals surface area contributed by atoms with Gasteiger partial charge in [0.15, 0.2) is 0 Å². The van der Waals surface area contributed by atoms with Crippen molar-refractivity contribution >= 4 is 27.3 Å². The Balaban J connectivity index is 2.33. The molecule has 0 bridgehead atoms. The zero-order chi connectivity index (χ0) is 15.1. The quantitative estimate of drug-likeness (QED) is 0.785. The summed E-state index contributed by atoms with van der Waals surface area (Å²) in [5, 5.41) is -0.165. The van der Waals surface area contributed by atoms with Crippen LogP contribution in [0.5, 0.6) is 0 Å². The first-order valence-corrected chi connectivity index (χ1v) is 5.96. The fourth-order valence-electron chi connectivity index (χ4n) is 1.46. The molecule has 0 N–H and O–H groups in total. The number of benzene rings is 1. The second-order valence-corrected chi connectivity index (χ2v) is 5.00. The molecule has 0 saturated heterocycles. The molecular weight excluding hydrogens is 308 g/mol. The van der Waals surface area contributed by atoms with Gasteiger partial charge in [0.25, 0.3) is 0 Å². The highest BCUT2D eigenvalue weighted by molar-refractivity contribution is 7.18. The minimum atomic E-state index is -4.98. The molecule has 2 nitrogen and oxygen atoms in total. The molecule has 0 atom stereocenters. The van der Waals surface area contributed by atoms with Crippen LogP contribution in [-0.4, -0.2) is 16.9 Å². The van der Waals surface area contributed by atoms with Gasteiger partial charge in [-0.25, -0.2) is 4.98 Å². The first kappa shape index (κ1) is 14.8. The van der Waals surface area contributed by atoms with Gasteiger partial charge in [-0.1, -0.05) is 0 Å².